The molecule has 5 heteroatoms. The molecule has 0 saturated heterocycles. The molecule has 0 aliphatic rings. The summed E-state index contributed by atoms with van der Waals surface area (Å²) in [5.74, 6) is 0.115. The molecule has 0 atom stereocenters. The maximum atomic E-state index is 11.3. The van der Waals surface area contributed by atoms with Crippen molar-refractivity contribution < 1.29 is 14.7 Å². The summed E-state index contributed by atoms with van der Waals surface area (Å²) in [6, 6.07) is 9.71. The molecule has 1 N–H and O–H groups in total. The van der Waals surface area contributed by atoms with Gasteiger partial charge in [0.2, 0.25) is 4.45 Å². The minimum atomic E-state index is -0.867. The van der Waals surface area contributed by atoms with Gasteiger partial charge in [0, 0.05) is 11.5 Å². The van der Waals surface area contributed by atoms with E-state index in [0.717, 1.165) is 17.3 Å². The van der Waals surface area contributed by atoms with Gasteiger partial charge in [-0.15, -0.1) is 0 Å². The number of carboxylic acids is 1. The van der Waals surface area contributed by atoms with Gasteiger partial charge in [0.1, 0.15) is 0 Å². The van der Waals surface area contributed by atoms with Gasteiger partial charge in [0.05, 0.1) is 6.42 Å². The van der Waals surface area contributed by atoms with Crippen molar-refractivity contribution in [1.82, 2.24) is 0 Å². The van der Waals surface area contributed by atoms with Crippen molar-refractivity contribution in [2.45, 2.75) is 12.2 Å². The molecule has 0 aromatic heterocycles. The fraction of sp³-hybridized carbons (Fsp3) is 0.273. The first-order valence-corrected chi connectivity index (χ1v) is 6.71. The lowest BCUT2D eigenvalue weighted by atomic mass is 10.2. The van der Waals surface area contributed by atoms with Gasteiger partial charge in [0.15, 0.2) is 0 Å². The van der Waals surface area contributed by atoms with Crippen molar-refractivity contribution >= 4 is 33.9 Å². The lowest BCUT2D eigenvalue weighted by Gasteiger charge is -1.99. The third-order valence-corrected chi connectivity index (χ3v) is 3.80. The van der Waals surface area contributed by atoms with Crippen LogP contribution < -0.4 is 0 Å². The van der Waals surface area contributed by atoms with Crippen LogP contribution >= 0.6 is 23.5 Å². The fourth-order valence-corrected chi connectivity index (χ4v) is 2.66. The highest BCUT2D eigenvalue weighted by Crippen LogP contribution is 2.21. The number of hydrogen-bond acceptors (Lipinski definition) is 4. The Morgan fingerprint density at radius 2 is 1.81 bits per heavy atom. The zero-order valence-electron chi connectivity index (χ0n) is 8.59. The van der Waals surface area contributed by atoms with E-state index >= 15 is 0 Å². The molecule has 0 fully saturated rings. The molecule has 86 valence electrons. The minimum absolute atomic E-state index is 0.0231. The molecule has 0 unspecified atom stereocenters. The van der Waals surface area contributed by atoms with Gasteiger partial charge in [0.25, 0.3) is 0 Å². The smallest absolute Gasteiger partial charge is 0.304 e. The van der Waals surface area contributed by atoms with Crippen molar-refractivity contribution in [1.29, 1.82) is 0 Å². The molecule has 3 nitrogen and oxygen atoms in total. The second-order valence-corrected chi connectivity index (χ2v) is 5.29. The topological polar surface area (TPSA) is 54.4 Å². The summed E-state index contributed by atoms with van der Waals surface area (Å²) in [7, 11) is 0. The van der Waals surface area contributed by atoms with E-state index in [2.05, 4.69) is 0 Å². The van der Waals surface area contributed by atoms with E-state index in [4.69, 9.17) is 5.11 Å². The van der Waals surface area contributed by atoms with E-state index in [-0.39, 0.29) is 10.9 Å². The van der Waals surface area contributed by atoms with E-state index < -0.39 is 5.97 Å². The van der Waals surface area contributed by atoms with Crippen molar-refractivity contribution in [2.24, 2.45) is 0 Å². The van der Waals surface area contributed by atoms with Gasteiger partial charge in [-0.2, -0.15) is 0 Å². The number of carboxylic acid groups (broad SMARTS) is 1. The first-order chi connectivity index (χ1) is 7.68. The highest BCUT2D eigenvalue weighted by atomic mass is 32.2. The van der Waals surface area contributed by atoms with E-state index in [0.29, 0.717) is 11.5 Å². The maximum Gasteiger partial charge on any atom is 0.304 e. The summed E-state index contributed by atoms with van der Waals surface area (Å²) >= 11 is 2.28. The lowest BCUT2D eigenvalue weighted by molar-refractivity contribution is -0.136. The Morgan fingerprint density at radius 3 is 2.44 bits per heavy atom. The summed E-state index contributed by atoms with van der Waals surface area (Å²) < 4.78 is -0.0231. The molecule has 0 aliphatic carbocycles. The van der Waals surface area contributed by atoms with E-state index in [9.17, 15) is 9.59 Å². The Kier molecular flexibility index (Phi) is 6.03. The van der Waals surface area contributed by atoms with Gasteiger partial charge in [-0.1, -0.05) is 53.9 Å². The molecule has 0 saturated carbocycles. The molecule has 0 radical (unpaired) electrons. The highest BCUT2D eigenvalue weighted by molar-refractivity contribution is 8.38. The number of rotatable bonds is 5. The molecular weight excluding hydrogens is 244 g/mol. The SMILES string of the molecule is O=C(O)CCSC(=O)SCc1ccccc1. The molecule has 0 spiro atoms. The largest absolute Gasteiger partial charge is 0.481 e. The number of carbonyl (C=O) groups is 2. The molecule has 1 aromatic carbocycles. The second kappa shape index (κ2) is 7.35. The van der Waals surface area contributed by atoms with Crippen LogP contribution in [-0.2, 0) is 10.5 Å². The standard InChI is InChI=1S/C11H12O3S2/c12-10(13)6-7-15-11(14)16-8-9-4-2-1-3-5-9/h1-5H,6-8H2,(H,12,13). The van der Waals surface area contributed by atoms with Crippen molar-refractivity contribution in [3.8, 4) is 0 Å². The Morgan fingerprint density at radius 1 is 1.12 bits per heavy atom. The van der Waals surface area contributed by atoms with Crippen LogP contribution in [0.4, 0.5) is 4.79 Å². The normalized spacial score (nSPS) is 10.0. The third-order valence-electron chi connectivity index (χ3n) is 1.74. The minimum Gasteiger partial charge on any atom is -0.481 e. The Hall–Kier alpha value is -0.940. The summed E-state index contributed by atoms with van der Waals surface area (Å²) in [6.07, 6.45) is 0.0301. The van der Waals surface area contributed by atoms with Crippen molar-refractivity contribution in [3.05, 3.63) is 35.9 Å². The molecular formula is C11H12O3S2. The maximum absolute atomic E-state index is 11.3. The molecule has 1 aromatic rings. The fourth-order valence-electron chi connectivity index (χ4n) is 0.980. The summed E-state index contributed by atoms with van der Waals surface area (Å²) in [6.45, 7) is 0. The van der Waals surface area contributed by atoms with E-state index in [1.54, 1.807) is 0 Å². The predicted molar refractivity (Wildman–Crippen MR) is 67.8 cm³/mol. The monoisotopic (exact) mass is 256 g/mol. The number of benzene rings is 1. The number of thioether (sulfide) groups is 2. The second-order valence-electron chi connectivity index (χ2n) is 3.02. The molecule has 1 rings (SSSR count). The number of hydrogen-bond donors (Lipinski definition) is 1. The quantitative estimate of drug-likeness (QED) is 0.876. The summed E-state index contributed by atoms with van der Waals surface area (Å²) in [5.41, 5.74) is 1.10. The van der Waals surface area contributed by atoms with E-state index in [1.165, 1.54) is 11.8 Å². The van der Waals surface area contributed by atoms with Crippen LogP contribution in [0.25, 0.3) is 0 Å². The average molecular weight is 256 g/mol. The van der Waals surface area contributed by atoms with Gasteiger partial charge < -0.3 is 5.11 Å². The molecule has 16 heavy (non-hydrogen) atoms. The van der Waals surface area contributed by atoms with E-state index in [1.807, 2.05) is 30.3 Å². The Balaban J connectivity index is 2.18. The zero-order valence-corrected chi connectivity index (χ0v) is 10.2. The molecule has 0 aliphatic heterocycles. The van der Waals surface area contributed by atoms with Crippen LogP contribution in [0.15, 0.2) is 30.3 Å². The molecule has 0 amide bonds. The average Bonchev–Trinajstić information content (AvgIpc) is 2.27. The Labute approximate surface area is 103 Å². The molecule has 0 bridgehead atoms. The van der Waals surface area contributed by atoms with Crippen LogP contribution in [-0.4, -0.2) is 21.3 Å². The van der Waals surface area contributed by atoms with Crippen molar-refractivity contribution in [2.75, 3.05) is 5.75 Å². The van der Waals surface area contributed by atoms with Crippen LogP contribution in [0, 0.1) is 0 Å². The number of aliphatic carboxylic acids is 1. The van der Waals surface area contributed by atoms with Crippen molar-refractivity contribution in [3.63, 3.8) is 0 Å². The highest BCUT2D eigenvalue weighted by Gasteiger charge is 2.05. The van der Waals surface area contributed by atoms with Crippen LogP contribution in [0.5, 0.6) is 0 Å². The zero-order chi connectivity index (χ0) is 11.8. The predicted octanol–water partition coefficient (Wildman–Crippen LogP) is 3.25. The first-order valence-electron chi connectivity index (χ1n) is 4.74. The summed E-state index contributed by atoms with van der Waals surface area (Å²) in [4.78, 5) is 21.6. The van der Waals surface area contributed by atoms with Crippen LogP contribution in [0.1, 0.15) is 12.0 Å². The molecule has 0 heterocycles. The Bertz CT molecular complexity index is 352. The third kappa shape index (κ3) is 5.82. The van der Waals surface area contributed by atoms with Gasteiger partial charge in [-0.05, 0) is 5.56 Å². The van der Waals surface area contributed by atoms with Crippen LogP contribution in [0.3, 0.4) is 0 Å². The first kappa shape index (κ1) is 13.1. The number of carbonyl (C=O) groups excluding carboxylic acids is 1. The van der Waals surface area contributed by atoms with Gasteiger partial charge in [-0.25, -0.2) is 0 Å². The van der Waals surface area contributed by atoms with Crippen LogP contribution in [0.2, 0.25) is 0 Å². The summed E-state index contributed by atoms with van der Waals surface area (Å²) in [5, 5.41) is 8.40. The van der Waals surface area contributed by atoms with Gasteiger partial charge in [-0.3, -0.25) is 9.59 Å². The lowest BCUT2D eigenvalue weighted by Crippen LogP contribution is -1.97. The van der Waals surface area contributed by atoms with Gasteiger partial charge >= 0.3 is 5.97 Å².